The van der Waals surface area contributed by atoms with Crippen LogP contribution in [0.2, 0.25) is 0 Å². The Balaban J connectivity index is 1.04. The minimum atomic E-state index is 0.968. The topological polar surface area (TPSA) is 6.48 Å². The van der Waals surface area contributed by atoms with E-state index in [0.29, 0.717) is 0 Å². The van der Waals surface area contributed by atoms with Gasteiger partial charge in [0, 0.05) is 33.9 Å². The van der Waals surface area contributed by atoms with Crippen LogP contribution in [-0.4, -0.2) is 0 Å². The summed E-state index contributed by atoms with van der Waals surface area (Å²) >= 11 is 0. The molecule has 0 spiro atoms. The summed E-state index contributed by atoms with van der Waals surface area (Å²) in [4.78, 5) is 4.86. The van der Waals surface area contributed by atoms with Gasteiger partial charge in [0.25, 0.3) is 0 Å². The monoisotopic (exact) mass is 688 g/mol. The fourth-order valence-electron chi connectivity index (χ4n) is 9.04. The number of hydrogen-bond acceptors (Lipinski definition) is 2. The third-order valence-corrected chi connectivity index (χ3v) is 11.4. The first kappa shape index (κ1) is 30.7. The average molecular weight is 689 g/mol. The van der Waals surface area contributed by atoms with Gasteiger partial charge in [-0.2, -0.15) is 0 Å². The van der Waals surface area contributed by atoms with Crippen molar-refractivity contribution in [2.45, 2.75) is 12.8 Å². The first-order valence-electron chi connectivity index (χ1n) is 18.9. The lowest BCUT2D eigenvalue weighted by Crippen LogP contribution is -2.11. The van der Waals surface area contributed by atoms with E-state index in [2.05, 4.69) is 204 Å². The normalized spacial score (nSPS) is 12.3. The molecule has 0 bridgehead atoms. The van der Waals surface area contributed by atoms with E-state index in [0.717, 1.165) is 35.6 Å². The van der Waals surface area contributed by atoms with Gasteiger partial charge in [0.15, 0.2) is 0 Å². The molecular weight excluding hydrogens is 653 g/mol. The quantitative estimate of drug-likeness (QED) is 0.160. The summed E-state index contributed by atoms with van der Waals surface area (Å²) in [6, 6.07) is 71.4. The van der Waals surface area contributed by atoms with Crippen LogP contribution < -0.4 is 9.80 Å². The minimum absolute atomic E-state index is 0.968. The van der Waals surface area contributed by atoms with E-state index in [-0.39, 0.29) is 0 Å². The van der Waals surface area contributed by atoms with E-state index in [1.165, 1.54) is 77.4 Å². The molecule has 0 fully saturated rings. The van der Waals surface area contributed by atoms with Gasteiger partial charge < -0.3 is 9.80 Å². The summed E-state index contributed by atoms with van der Waals surface area (Å²) in [5, 5.41) is 4.94. The molecule has 54 heavy (non-hydrogen) atoms. The molecule has 2 aliphatic rings. The van der Waals surface area contributed by atoms with Crippen LogP contribution in [0.5, 0.6) is 0 Å². The van der Waals surface area contributed by atoms with Gasteiger partial charge in [-0.25, -0.2) is 0 Å². The van der Waals surface area contributed by atoms with Crippen LogP contribution in [0.15, 0.2) is 194 Å². The summed E-state index contributed by atoms with van der Waals surface area (Å²) in [6.07, 6.45) is 1.94. The van der Waals surface area contributed by atoms with E-state index < -0.39 is 0 Å². The molecular formula is C52H36N2. The van der Waals surface area contributed by atoms with E-state index in [1.807, 2.05) is 0 Å². The van der Waals surface area contributed by atoms with Crippen molar-refractivity contribution in [3.05, 3.63) is 216 Å². The summed E-state index contributed by atoms with van der Waals surface area (Å²) in [7, 11) is 0. The Labute approximate surface area is 315 Å². The Kier molecular flexibility index (Phi) is 7.03. The SMILES string of the molecule is c1ccc(N(c2ccc3c(ccc4cc(N(c5ccccc5)c5cccc6c5-c5ccccc5C6)ccc43)c2)c2cccc3c2-c2ccccc2C3)cc1. The second kappa shape index (κ2) is 12.4. The lowest BCUT2D eigenvalue weighted by atomic mass is 9.98. The highest BCUT2D eigenvalue weighted by molar-refractivity contribution is 6.10. The molecule has 0 saturated carbocycles. The molecule has 0 N–H and O–H groups in total. The van der Waals surface area contributed by atoms with Gasteiger partial charge in [0.1, 0.15) is 0 Å². The molecule has 2 aliphatic carbocycles. The van der Waals surface area contributed by atoms with Crippen molar-refractivity contribution in [1.29, 1.82) is 0 Å². The Morgan fingerprint density at radius 3 is 1.17 bits per heavy atom. The Morgan fingerprint density at radius 2 is 0.704 bits per heavy atom. The maximum Gasteiger partial charge on any atom is 0.0543 e. The second-order valence-corrected chi connectivity index (χ2v) is 14.5. The molecule has 254 valence electrons. The van der Waals surface area contributed by atoms with Crippen molar-refractivity contribution < 1.29 is 0 Å². The standard InChI is InChI=1S/C52H36N2/c1-3-17-41(18-4-1)53(49-23-11-15-39-31-35-13-7-9-21-47(35)51(39)49)43-27-29-45-37(33-43)25-26-38-34-44(28-30-46(38)45)54(42-19-5-2-6-20-42)50-24-12-16-40-32-36-14-8-10-22-48(36)52(40)50/h1-30,33-34H,31-32H2. The summed E-state index contributed by atoms with van der Waals surface area (Å²) in [5.41, 5.74) is 17.9. The number of anilines is 6. The van der Waals surface area contributed by atoms with Gasteiger partial charge in [-0.3, -0.25) is 0 Å². The number of para-hydroxylation sites is 2. The first-order chi connectivity index (χ1) is 26.8. The molecule has 0 saturated heterocycles. The number of rotatable bonds is 6. The van der Waals surface area contributed by atoms with Crippen LogP contribution in [0.4, 0.5) is 34.1 Å². The molecule has 0 atom stereocenters. The molecule has 0 aromatic heterocycles. The van der Waals surface area contributed by atoms with Crippen molar-refractivity contribution in [3.8, 4) is 22.3 Å². The molecule has 0 radical (unpaired) electrons. The molecule has 0 unspecified atom stereocenters. The van der Waals surface area contributed by atoms with Gasteiger partial charge in [-0.15, -0.1) is 0 Å². The molecule has 9 aromatic rings. The van der Waals surface area contributed by atoms with Gasteiger partial charge in [-0.05, 0) is 128 Å². The third-order valence-electron chi connectivity index (χ3n) is 11.4. The number of nitrogens with zero attached hydrogens (tertiary/aromatic N) is 2. The zero-order valence-corrected chi connectivity index (χ0v) is 29.8. The van der Waals surface area contributed by atoms with Crippen LogP contribution in [0.1, 0.15) is 22.3 Å². The minimum Gasteiger partial charge on any atom is -0.310 e. The lowest BCUT2D eigenvalue weighted by molar-refractivity contribution is 1.25. The first-order valence-corrected chi connectivity index (χ1v) is 18.9. The third kappa shape index (κ3) is 4.88. The average Bonchev–Trinajstić information content (AvgIpc) is 3.81. The van der Waals surface area contributed by atoms with E-state index in [1.54, 1.807) is 0 Å². The van der Waals surface area contributed by atoms with Crippen LogP contribution in [0.25, 0.3) is 43.8 Å². The van der Waals surface area contributed by atoms with Crippen molar-refractivity contribution in [2.24, 2.45) is 0 Å². The van der Waals surface area contributed by atoms with Gasteiger partial charge in [-0.1, -0.05) is 133 Å². The maximum absolute atomic E-state index is 2.43. The lowest BCUT2D eigenvalue weighted by Gasteiger charge is -2.29. The zero-order chi connectivity index (χ0) is 35.6. The Morgan fingerprint density at radius 1 is 0.296 bits per heavy atom. The van der Waals surface area contributed by atoms with E-state index in [9.17, 15) is 0 Å². The molecule has 0 heterocycles. The smallest absolute Gasteiger partial charge is 0.0543 e. The van der Waals surface area contributed by atoms with Crippen LogP contribution in [0, 0.1) is 0 Å². The molecule has 0 amide bonds. The second-order valence-electron chi connectivity index (χ2n) is 14.5. The molecule has 11 rings (SSSR count). The predicted molar refractivity (Wildman–Crippen MR) is 227 cm³/mol. The summed E-state index contributed by atoms with van der Waals surface area (Å²) in [5.74, 6) is 0. The highest BCUT2D eigenvalue weighted by Crippen LogP contribution is 2.49. The van der Waals surface area contributed by atoms with Crippen LogP contribution in [0.3, 0.4) is 0 Å². The Hall–Kier alpha value is -6.90. The molecule has 2 heteroatoms. The Bertz CT molecular complexity index is 2690. The summed E-state index contributed by atoms with van der Waals surface area (Å²) in [6.45, 7) is 0. The molecule has 2 nitrogen and oxygen atoms in total. The van der Waals surface area contributed by atoms with Gasteiger partial charge in [0.2, 0.25) is 0 Å². The largest absolute Gasteiger partial charge is 0.310 e. The fourth-order valence-corrected chi connectivity index (χ4v) is 9.04. The van der Waals surface area contributed by atoms with Crippen molar-refractivity contribution in [2.75, 3.05) is 9.80 Å². The highest BCUT2D eigenvalue weighted by atomic mass is 15.2. The van der Waals surface area contributed by atoms with Crippen molar-refractivity contribution >= 4 is 55.7 Å². The predicted octanol–water partition coefficient (Wildman–Crippen LogP) is 14.1. The van der Waals surface area contributed by atoms with Crippen molar-refractivity contribution in [3.63, 3.8) is 0 Å². The number of fused-ring (bicyclic) bond motifs is 9. The number of hydrogen-bond donors (Lipinski definition) is 0. The molecule has 0 aliphatic heterocycles. The van der Waals surface area contributed by atoms with Crippen LogP contribution >= 0.6 is 0 Å². The van der Waals surface area contributed by atoms with Crippen LogP contribution in [-0.2, 0) is 12.8 Å². The summed E-state index contributed by atoms with van der Waals surface area (Å²) < 4.78 is 0. The zero-order valence-electron chi connectivity index (χ0n) is 29.8. The van der Waals surface area contributed by atoms with Gasteiger partial charge in [0.05, 0.1) is 11.4 Å². The number of benzene rings is 9. The van der Waals surface area contributed by atoms with Crippen molar-refractivity contribution in [1.82, 2.24) is 0 Å². The van der Waals surface area contributed by atoms with E-state index in [4.69, 9.17) is 0 Å². The maximum atomic E-state index is 2.43. The highest BCUT2D eigenvalue weighted by Gasteiger charge is 2.27. The van der Waals surface area contributed by atoms with E-state index >= 15 is 0 Å². The van der Waals surface area contributed by atoms with Gasteiger partial charge >= 0.3 is 0 Å². The fraction of sp³-hybridized carbons (Fsp3) is 0.0385. The molecule has 9 aromatic carbocycles.